The predicted octanol–water partition coefficient (Wildman–Crippen LogP) is 2.71. The summed E-state index contributed by atoms with van der Waals surface area (Å²) in [5.41, 5.74) is 2.00. The number of piperidine rings is 1. The molecular formula is C18H30N4O2. The average Bonchev–Trinajstić information content (AvgIpc) is 2.47. The topological polar surface area (TPSA) is 66.5 Å². The summed E-state index contributed by atoms with van der Waals surface area (Å²) in [6, 6.07) is 3.92. The fraction of sp³-hybridized carbons (Fsp3) is 0.667. The lowest BCUT2D eigenvalue weighted by Crippen LogP contribution is -2.46. The first-order chi connectivity index (χ1) is 11.4. The zero-order chi connectivity index (χ0) is 17.5. The Morgan fingerprint density at radius 1 is 1.33 bits per heavy atom. The van der Waals surface area contributed by atoms with Crippen LogP contribution in [-0.2, 0) is 4.74 Å². The Bertz CT molecular complexity index is 520. The molecule has 2 heterocycles. The van der Waals surface area contributed by atoms with Gasteiger partial charge in [0.1, 0.15) is 5.82 Å². The Kier molecular flexibility index (Phi) is 6.99. The summed E-state index contributed by atoms with van der Waals surface area (Å²) < 4.78 is 5.59. The van der Waals surface area contributed by atoms with Crippen molar-refractivity contribution in [1.82, 2.24) is 15.2 Å². The van der Waals surface area contributed by atoms with Gasteiger partial charge < -0.3 is 15.0 Å². The number of nitrogens with zero attached hydrogens (tertiary/aromatic N) is 2. The number of hydrogen-bond donors (Lipinski definition) is 2. The van der Waals surface area contributed by atoms with Gasteiger partial charge in [0.15, 0.2) is 0 Å². The van der Waals surface area contributed by atoms with Crippen molar-refractivity contribution in [2.45, 2.75) is 52.7 Å². The van der Waals surface area contributed by atoms with Gasteiger partial charge >= 0.3 is 6.03 Å². The molecule has 2 rings (SSSR count). The molecule has 6 nitrogen and oxygen atoms in total. The van der Waals surface area contributed by atoms with E-state index in [2.05, 4.69) is 34.4 Å². The van der Waals surface area contributed by atoms with Crippen LogP contribution in [-0.4, -0.2) is 54.3 Å². The molecule has 1 aliphatic heterocycles. The first-order valence-electron chi connectivity index (χ1n) is 8.79. The van der Waals surface area contributed by atoms with Crippen LogP contribution in [0.15, 0.2) is 12.1 Å². The molecule has 0 saturated carbocycles. The van der Waals surface area contributed by atoms with Crippen LogP contribution < -0.4 is 10.6 Å². The highest BCUT2D eigenvalue weighted by Crippen LogP contribution is 2.12. The van der Waals surface area contributed by atoms with Crippen molar-refractivity contribution in [1.29, 1.82) is 0 Å². The van der Waals surface area contributed by atoms with Crippen LogP contribution in [0.2, 0.25) is 0 Å². The van der Waals surface area contributed by atoms with Gasteiger partial charge in [-0.3, -0.25) is 5.32 Å². The molecule has 134 valence electrons. The minimum absolute atomic E-state index is 0.172. The first kappa shape index (κ1) is 18.7. The van der Waals surface area contributed by atoms with Crippen molar-refractivity contribution in [3.8, 4) is 0 Å². The van der Waals surface area contributed by atoms with Crippen LogP contribution in [0.4, 0.5) is 10.6 Å². The number of nitrogens with one attached hydrogen (secondary N) is 2. The van der Waals surface area contributed by atoms with Crippen LogP contribution >= 0.6 is 0 Å². The van der Waals surface area contributed by atoms with Crippen molar-refractivity contribution >= 4 is 11.8 Å². The second kappa shape index (κ2) is 8.99. The number of carbonyl (C=O) groups excluding carboxylic acids is 1. The van der Waals surface area contributed by atoms with Gasteiger partial charge in [-0.15, -0.1) is 0 Å². The number of anilines is 1. The smallest absolute Gasteiger partial charge is 0.320 e. The first-order valence-corrected chi connectivity index (χ1v) is 8.79. The molecule has 0 aliphatic carbocycles. The maximum Gasteiger partial charge on any atom is 0.320 e. The van der Waals surface area contributed by atoms with Crippen LogP contribution in [0.25, 0.3) is 0 Å². The van der Waals surface area contributed by atoms with Crippen molar-refractivity contribution in [2.24, 2.45) is 0 Å². The summed E-state index contributed by atoms with van der Waals surface area (Å²) >= 11 is 0. The number of rotatable bonds is 6. The standard InChI is InChI=1S/C18H30N4O2/c1-13(2)24-10-9-22-7-5-16(6-8-22)20-18(23)21-17-12-14(3)11-15(4)19-17/h11-13,16H,5-10H2,1-4H3,(H2,19,20,21,23). The lowest BCUT2D eigenvalue weighted by Gasteiger charge is -2.32. The number of pyridine rings is 1. The lowest BCUT2D eigenvalue weighted by molar-refractivity contribution is 0.0530. The van der Waals surface area contributed by atoms with Crippen LogP contribution in [0.3, 0.4) is 0 Å². The van der Waals surface area contributed by atoms with Crippen molar-refractivity contribution in [3.63, 3.8) is 0 Å². The zero-order valence-electron chi connectivity index (χ0n) is 15.3. The molecule has 1 aromatic rings. The van der Waals surface area contributed by atoms with E-state index in [1.807, 2.05) is 26.0 Å². The third-order valence-electron chi connectivity index (χ3n) is 4.12. The molecule has 0 unspecified atom stereocenters. The second-order valence-corrected chi connectivity index (χ2v) is 6.81. The Morgan fingerprint density at radius 2 is 2.04 bits per heavy atom. The highest BCUT2D eigenvalue weighted by molar-refractivity contribution is 5.88. The molecule has 6 heteroatoms. The summed E-state index contributed by atoms with van der Waals surface area (Å²) in [7, 11) is 0. The molecule has 1 saturated heterocycles. The summed E-state index contributed by atoms with van der Waals surface area (Å²) in [4.78, 5) is 18.9. The molecule has 0 radical (unpaired) electrons. The molecule has 0 bridgehead atoms. The molecule has 1 aliphatic rings. The van der Waals surface area contributed by atoms with E-state index in [0.717, 1.165) is 50.3 Å². The number of hydrogen-bond acceptors (Lipinski definition) is 4. The van der Waals surface area contributed by atoms with E-state index in [0.29, 0.717) is 5.82 Å². The van der Waals surface area contributed by atoms with E-state index in [-0.39, 0.29) is 18.2 Å². The van der Waals surface area contributed by atoms with Gasteiger partial charge in [-0.2, -0.15) is 0 Å². The molecule has 1 fully saturated rings. The maximum atomic E-state index is 12.1. The van der Waals surface area contributed by atoms with Crippen molar-refractivity contribution in [2.75, 3.05) is 31.6 Å². The summed E-state index contributed by atoms with van der Waals surface area (Å²) in [6.07, 6.45) is 2.22. The number of amides is 2. The van der Waals surface area contributed by atoms with Gasteiger partial charge in [0.05, 0.1) is 12.7 Å². The minimum atomic E-state index is -0.172. The molecule has 24 heavy (non-hydrogen) atoms. The molecule has 0 spiro atoms. The number of urea groups is 1. The fourth-order valence-corrected chi connectivity index (χ4v) is 2.96. The van der Waals surface area contributed by atoms with E-state index < -0.39 is 0 Å². The predicted molar refractivity (Wildman–Crippen MR) is 96.4 cm³/mol. The van der Waals surface area contributed by atoms with Crippen molar-refractivity contribution in [3.05, 3.63) is 23.4 Å². The molecule has 0 aromatic carbocycles. The molecule has 1 aromatic heterocycles. The summed E-state index contributed by atoms with van der Waals surface area (Å²) in [5.74, 6) is 0.605. The van der Waals surface area contributed by atoms with Gasteiger partial charge in [0.2, 0.25) is 0 Å². The van der Waals surface area contributed by atoms with E-state index in [9.17, 15) is 4.79 Å². The lowest BCUT2D eigenvalue weighted by atomic mass is 10.1. The average molecular weight is 334 g/mol. The third-order valence-corrected chi connectivity index (χ3v) is 4.12. The minimum Gasteiger partial charge on any atom is -0.377 e. The number of aryl methyl sites for hydroxylation is 2. The highest BCUT2D eigenvalue weighted by atomic mass is 16.5. The SMILES string of the molecule is Cc1cc(C)nc(NC(=O)NC2CCN(CCOC(C)C)CC2)c1. The number of carbonyl (C=O) groups is 1. The van der Waals surface area contributed by atoms with Gasteiger partial charge in [-0.1, -0.05) is 0 Å². The molecule has 2 N–H and O–H groups in total. The quantitative estimate of drug-likeness (QED) is 0.839. The van der Waals surface area contributed by atoms with E-state index in [1.165, 1.54) is 0 Å². The summed E-state index contributed by atoms with van der Waals surface area (Å²) in [5, 5.41) is 5.89. The van der Waals surface area contributed by atoms with Crippen LogP contribution in [0.5, 0.6) is 0 Å². The van der Waals surface area contributed by atoms with Gasteiger partial charge in [0.25, 0.3) is 0 Å². The number of aromatic nitrogens is 1. The van der Waals surface area contributed by atoms with Crippen LogP contribution in [0, 0.1) is 13.8 Å². The normalized spacial score (nSPS) is 16.4. The molecule has 0 atom stereocenters. The largest absolute Gasteiger partial charge is 0.377 e. The zero-order valence-corrected chi connectivity index (χ0v) is 15.3. The fourth-order valence-electron chi connectivity index (χ4n) is 2.96. The van der Waals surface area contributed by atoms with E-state index in [1.54, 1.807) is 0 Å². The van der Waals surface area contributed by atoms with E-state index in [4.69, 9.17) is 4.74 Å². The third kappa shape index (κ3) is 6.45. The number of ether oxygens (including phenoxy) is 1. The Balaban J connectivity index is 1.70. The Labute approximate surface area is 145 Å². The van der Waals surface area contributed by atoms with Gasteiger partial charge in [0, 0.05) is 31.4 Å². The van der Waals surface area contributed by atoms with Gasteiger partial charge in [-0.25, -0.2) is 9.78 Å². The highest BCUT2D eigenvalue weighted by Gasteiger charge is 2.20. The maximum absolute atomic E-state index is 12.1. The Hall–Kier alpha value is -1.66. The molecular weight excluding hydrogens is 304 g/mol. The van der Waals surface area contributed by atoms with Gasteiger partial charge in [-0.05, 0) is 58.2 Å². The van der Waals surface area contributed by atoms with Crippen molar-refractivity contribution < 1.29 is 9.53 Å². The Morgan fingerprint density at radius 3 is 2.67 bits per heavy atom. The second-order valence-electron chi connectivity index (χ2n) is 6.81. The number of likely N-dealkylation sites (tertiary alicyclic amines) is 1. The van der Waals surface area contributed by atoms with Crippen LogP contribution in [0.1, 0.15) is 37.9 Å². The monoisotopic (exact) mass is 334 g/mol. The molecule has 2 amide bonds. The summed E-state index contributed by atoms with van der Waals surface area (Å²) in [6.45, 7) is 11.8. The van der Waals surface area contributed by atoms with E-state index >= 15 is 0 Å².